The van der Waals surface area contributed by atoms with E-state index >= 15 is 0 Å². The molecule has 0 saturated carbocycles. The van der Waals surface area contributed by atoms with E-state index in [1.807, 2.05) is 73.7 Å². The Morgan fingerprint density at radius 3 is 2.13 bits per heavy atom. The van der Waals surface area contributed by atoms with Gasteiger partial charge in [-0.05, 0) is 36.2 Å². The molecule has 0 amide bonds. The molecule has 0 fully saturated rings. The first-order valence-electron chi connectivity index (χ1n) is 9.47. The van der Waals surface area contributed by atoms with Gasteiger partial charge in [-0.1, -0.05) is 72.3 Å². The number of hydrogen-bond donors (Lipinski definition) is 0. The Kier molecular flexibility index (Phi) is 6.11. The van der Waals surface area contributed by atoms with Crippen molar-refractivity contribution < 1.29 is 4.74 Å². The molecule has 0 spiro atoms. The predicted octanol–water partition coefficient (Wildman–Crippen LogP) is 7.10. The molecular weight excluding hydrogens is 396 g/mol. The molecule has 0 N–H and O–H groups in total. The van der Waals surface area contributed by atoms with Crippen LogP contribution in [0.5, 0.6) is 11.5 Å². The van der Waals surface area contributed by atoms with Gasteiger partial charge >= 0.3 is 0 Å². The van der Waals surface area contributed by atoms with Gasteiger partial charge in [-0.15, -0.1) is 5.11 Å². The van der Waals surface area contributed by atoms with Crippen molar-refractivity contribution in [2.75, 3.05) is 0 Å². The minimum Gasteiger partial charge on any atom is -0.455 e. The highest BCUT2D eigenvalue weighted by Gasteiger charge is 2.13. The van der Waals surface area contributed by atoms with Crippen molar-refractivity contribution in [3.05, 3.63) is 113 Å². The molecule has 2 aromatic heterocycles. The van der Waals surface area contributed by atoms with Gasteiger partial charge in [0.25, 0.3) is 0 Å². The number of rotatable bonds is 6. The van der Waals surface area contributed by atoms with Crippen LogP contribution in [0.25, 0.3) is 0 Å². The third kappa shape index (κ3) is 4.88. The lowest BCUT2D eigenvalue weighted by atomic mass is 10.00. The summed E-state index contributed by atoms with van der Waals surface area (Å²) in [4.78, 5) is 8.47. The fraction of sp³-hybridized carbons (Fsp3) is 0.0833. The van der Waals surface area contributed by atoms with Crippen molar-refractivity contribution in [3.63, 3.8) is 0 Å². The first kappa shape index (κ1) is 19.7. The van der Waals surface area contributed by atoms with Crippen LogP contribution in [0.2, 0.25) is 5.15 Å². The minimum atomic E-state index is -0.204. The van der Waals surface area contributed by atoms with Crippen LogP contribution < -0.4 is 4.74 Å². The first-order chi connectivity index (χ1) is 14.7. The van der Waals surface area contributed by atoms with Gasteiger partial charge in [-0.3, -0.25) is 0 Å². The van der Waals surface area contributed by atoms with Gasteiger partial charge in [0.05, 0.1) is 5.69 Å². The van der Waals surface area contributed by atoms with Gasteiger partial charge in [-0.2, -0.15) is 5.11 Å². The Balaban J connectivity index is 1.58. The van der Waals surface area contributed by atoms with Crippen molar-refractivity contribution >= 4 is 17.4 Å². The quantitative estimate of drug-likeness (QED) is 0.249. The Morgan fingerprint density at radius 1 is 0.867 bits per heavy atom. The van der Waals surface area contributed by atoms with E-state index in [9.17, 15) is 0 Å². The van der Waals surface area contributed by atoms with Gasteiger partial charge in [0.1, 0.15) is 22.7 Å². The van der Waals surface area contributed by atoms with Crippen molar-refractivity contribution in [2.45, 2.75) is 13.0 Å². The van der Waals surface area contributed by atoms with Crippen LogP contribution in [0.4, 0.5) is 5.82 Å². The monoisotopic (exact) mass is 414 g/mol. The fourth-order valence-electron chi connectivity index (χ4n) is 2.99. The predicted molar refractivity (Wildman–Crippen MR) is 118 cm³/mol. The van der Waals surface area contributed by atoms with Crippen molar-refractivity contribution in [1.82, 2.24) is 9.97 Å². The fourth-order valence-corrected chi connectivity index (χ4v) is 3.15. The number of nitrogens with zero attached hydrogens (tertiary/aromatic N) is 4. The average molecular weight is 415 g/mol. The number of pyridine rings is 2. The van der Waals surface area contributed by atoms with Crippen LogP contribution in [0.3, 0.4) is 0 Å². The second-order valence-corrected chi connectivity index (χ2v) is 7.00. The molecule has 30 heavy (non-hydrogen) atoms. The first-order valence-corrected chi connectivity index (χ1v) is 9.84. The number of aromatic nitrogens is 2. The molecule has 4 aromatic rings. The van der Waals surface area contributed by atoms with E-state index < -0.39 is 0 Å². The van der Waals surface area contributed by atoms with E-state index in [1.54, 1.807) is 24.4 Å². The van der Waals surface area contributed by atoms with Crippen molar-refractivity contribution in [2.24, 2.45) is 10.2 Å². The van der Waals surface area contributed by atoms with Crippen LogP contribution in [-0.4, -0.2) is 9.97 Å². The summed E-state index contributed by atoms with van der Waals surface area (Å²) in [6.45, 7) is 1.86. The number of hydrogen-bond acceptors (Lipinski definition) is 5. The molecule has 4 rings (SSSR count). The van der Waals surface area contributed by atoms with Crippen LogP contribution >= 0.6 is 11.6 Å². The number of halogens is 1. The van der Waals surface area contributed by atoms with Crippen LogP contribution in [0.1, 0.15) is 22.9 Å². The lowest BCUT2D eigenvalue weighted by Gasteiger charge is -2.12. The zero-order chi connectivity index (χ0) is 20.8. The largest absolute Gasteiger partial charge is 0.455 e. The molecule has 0 atom stereocenters. The normalized spacial score (nSPS) is 11.2. The molecule has 0 aliphatic heterocycles. The number of aryl methyl sites for hydroxylation is 1. The molecule has 0 aliphatic carbocycles. The van der Waals surface area contributed by atoms with Crippen LogP contribution in [-0.2, 0) is 0 Å². The second kappa shape index (κ2) is 9.29. The minimum absolute atomic E-state index is 0.204. The molecule has 148 valence electrons. The molecule has 0 radical (unpaired) electrons. The van der Waals surface area contributed by atoms with E-state index in [0.717, 1.165) is 11.1 Å². The number of ether oxygens (including phenoxy) is 1. The topological polar surface area (TPSA) is 59.7 Å². The molecule has 0 bridgehead atoms. The Morgan fingerprint density at radius 2 is 1.53 bits per heavy atom. The molecule has 0 saturated heterocycles. The summed E-state index contributed by atoms with van der Waals surface area (Å²) in [5, 5.41) is 9.38. The molecule has 6 heteroatoms. The van der Waals surface area contributed by atoms with Crippen molar-refractivity contribution in [1.29, 1.82) is 0 Å². The molecule has 0 aliphatic rings. The highest BCUT2D eigenvalue weighted by atomic mass is 35.5. The molecular formula is C24H19ClN4O. The van der Waals surface area contributed by atoms with Gasteiger partial charge in [0.2, 0.25) is 0 Å². The van der Waals surface area contributed by atoms with Gasteiger partial charge in [0.15, 0.2) is 5.82 Å². The lowest BCUT2D eigenvalue weighted by Crippen LogP contribution is -1.97. The second-order valence-electron chi connectivity index (χ2n) is 6.61. The maximum atomic E-state index is 5.91. The van der Waals surface area contributed by atoms with E-state index in [1.165, 1.54) is 0 Å². The van der Waals surface area contributed by atoms with E-state index in [4.69, 9.17) is 16.3 Å². The molecule has 2 aromatic carbocycles. The van der Waals surface area contributed by atoms with Gasteiger partial charge < -0.3 is 4.74 Å². The Hall–Kier alpha value is -3.57. The third-order valence-corrected chi connectivity index (χ3v) is 4.66. The lowest BCUT2D eigenvalue weighted by molar-refractivity contribution is 0.475. The van der Waals surface area contributed by atoms with E-state index in [2.05, 4.69) is 20.2 Å². The molecule has 0 unspecified atom stereocenters. The van der Waals surface area contributed by atoms with E-state index in [-0.39, 0.29) is 6.04 Å². The Labute approximate surface area is 180 Å². The zero-order valence-electron chi connectivity index (χ0n) is 16.3. The standard InChI is InChI=1S/C24H19ClN4O/c1-17-21(30-20-14-15-26-22(25)16-20)12-13-23(27-17)28-29-24(18-8-4-2-5-9-18)19-10-6-3-7-11-19/h2-16,24H,1H3. The Bertz CT molecular complexity index is 1110. The van der Waals surface area contributed by atoms with Crippen LogP contribution in [0, 0.1) is 6.92 Å². The van der Waals surface area contributed by atoms with Crippen molar-refractivity contribution in [3.8, 4) is 11.5 Å². The zero-order valence-corrected chi connectivity index (χ0v) is 17.1. The van der Waals surface area contributed by atoms with Crippen LogP contribution in [0.15, 0.2) is 101 Å². The summed E-state index contributed by atoms with van der Waals surface area (Å²) in [5.74, 6) is 1.74. The molecule has 5 nitrogen and oxygen atoms in total. The summed E-state index contributed by atoms with van der Waals surface area (Å²) in [5.41, 5.74) is 2.84. The average Bonchev–Trinajstić information content (AvgIpc) is 2.77. The highest BCUT2D eigenvalue weighted by Crippen LogP contribution is 2.30. The summed E-state index contributed by atoms with van der Waals surface area (Å²) < 4.78 is 5.85. The summed E-state index contributed by atoms with van der Waals surface area (Å²) in [7, 11) is 0. The summed E-state index contributed by atoms with van der Waals surface area (Å²) >= 11 is 5.91. The third-order valence-electron chi connectivity index (χ3n) is 4.45. The SMILES string of the molecule is Cc1nc(N=NC(c2ccccc2)c2ccccc2)ccc1Oc1ccnc(Cl)c1. The highest BCUT2D eigenvalue weighted by molar-refractivity contribution is 6.29. The number of benzene rings is 2. The maximum absolute atomic E-state index is 5.91. The molecule has 2 heterocycles. The van der Waals surface area contributed by atoms with Gasteiger partial charge in [0, 0.05) is 12.3 Å². The summed E-state index contributed by atoms with van der Waals surface area (Å²) in [6.07, 6.45) is 1.59. The van der Waals surface area contributed by atoms with Gasteiger partial charge in [-0.25, -0.2) is 9.97 Å². The maximum Gasteiger partial charge on any atom is 0.174 e. The summed E-state index contributed by atoms with van der Waals surface area (Å²) in [6, 6.07) is 27.0. The van der Waals surface area contributed by atoms with E-state index in [0.29, 0.717) is 28.2 Å². The smallest absolute Gasteiger partial charge is 0.174 e. The number of azo groups is 1.